The van der Waals surface area contributed by atoms with Crippen LogP contribution in [0.25, 0.3) is 10.8 Å². The summed E-state index contributed by atoms with van der Waals surface area (Å²) in [5.74, 6) is -0.614. The maximum atomic E-state index is 13.6. The van der Waals surface area contributed by atoms with E-state index < -0.39 is 0 Å². The summed E-state index contributed by atoms with van der Waals surface area (Å²) in [5, 5.41) is 1.62. The molecule has 0 saturated heterocycles. The molecule has 5 aromatic rings. The summed E-state index contributed by atoms with van der Waals surface area (Å²) in [6.07, 6.45) is 0. The van der Waals surface area contributed by atoms with Crippen molar-refractivity contribution >= 4 is 45.3 Å². The predicted molar refractivity (Wildman–Crippen MR) is 146 cm³/mol. The van der Waals surface area contributed by atoms with Gasteiger partial charge in [0.25, 0.3) is 11.8 Å². The molecule has 4 heteroatoms. The van der Waals surface area contributed by atoms with Gasteiger partial charge in [0.1, 0.15) is 0 Å². The highest BCUT2D eigenvalue weighted by molar-refractivity contribution is 6.35. The normalized spacial score (nSPS) is 12.8. The molecule has 0 saturated carbocycles. The van der Waals surface area contributed by atoms with Crippen LogP contribution < -0.4 is 9.80 Å². The maximum absolute atomic E-state index is 13.6. The second-order valence-electron chi connectivity index (χ2n) is 9.18. The quantitative estimate of drug-likeness (QED) is 0.253. The summed E-state index contributed by atoms with van der Waals surface area (Å²) >= 11 is 0. The van der Waals surface area contributed by atoms with Crippen LogP contribution in [-0.2, 0) is 0 Å². The summed E-state index contributed by atoms with van der Waals surface area (Å²) in [4.78, 5) is 30.6. The van der Waals surface area contributed by atoms with Gasteiger partial charge in [0.2, 0.25) is 0 Å². The van der Waals surface area contributed by atoms with Gasteiger partial charge in [0, 0.05) is 33.6 Å². The molecule has 36 heavy (non-hydrogen) atoms. The average molecular weight is 469 g/mol. The Balaban J connectivity index is 1.48. The van der Waals surface area contributed by atoms with Gasteiger partial charge in [-0.05, 0) is 73.8 Å². The van der Waals surface area contributed by atoms with Crippen LogP contribution in [0.1, 0.15) is 31.8 Å². The van der Waals surface area contributed by atoms with Gasteiger partial charge in [0.15, 0.2) is 0 Å². The van der Waals surface area contributed by atoms with Crippen molar-refractivity contribution in [2.75, 3.05) is 9.80 Å². The first-order valence-corrected chi connectivity index (χ1v) is 12.0. The van der Waals surface area contributed by atoms with Crippen LogP contribution in [0.3, 0.4) is 0 Å². The minimum absolute atomic E-state index is 0.307. The number of amides is 2. The minimum Gasteiger partial charge on any atom is -0.310 e. The lowest BCUT2D eigenvalue weighted by Crippen LogP contribution is -2.40. The molecule has 1 heterocycles. The average Bonchev–Trinajstić information content (AvgIpc) is 2.90. The maximum Gasteiger partial charge on any atom is 0.265 e. The topological polar surface area (TPSA) is 40.6 Å². The van der Waals surface area contributed by atoms with Crippen molar-refractivity contribution < 1.29 is 9.59 Å². The number of carbonyl (C=O) groups is 2. The standard InChI is InChI=1S/C32H24N2O2/c1-21-12-16-24(17-13-21)33(25-18-14-22(2)15-19-25)26-8-5-9-27(20-26)34-31(35)28-10-3-6-23-7-4-11-29(30(23)28)32(34)36/h3-20H,1-2H3. The van der Waals surface area contributed by atoms with Crippen LogP contribution in [0.2, 0.25) is 0 Å². The van der Waals surface area contributed by atoms with Gasteiger partial charge in [-0.25, -0.2) is 4.90 Å². The Labute approximate surface area is 210 Å². The van der Waals surface area contributed by atoms with Gasteiger partial charge < -0.3 is 4.90 Å². The molecule has 0 spiro atoms. The molecule has 2 amide bonds. The fourth-order valence-electron chi connectivity index (χ4n) is 4.87. The number of nitrogens with zero attached hydrogens (tertiary/aromatic N) is 2. The summed E-state index contributed by atoms with van der Waals surface area (Å²) in [5.41, 5.74) is 6.82. The zero-order valence-corrected chi connectivity index (χ0v) is 20.1. The predicted octanol–water partition coefficient (Wildman–Crippen LogP) is 7.73. The van der Waals surface area contributed by atoms with E-state index in [-0.39, 0.29) is 11.8 Å². The first kappa shape index (κ1) is 21.8. The molecule has 4 nitrogen and oxygen atoms in total. The van der Waals surface area contributed by atoms with Crippen LogP contribution in [0.4, 0.5) is 22.7 Å². The van der Waals surface area contributed by atoms with Crippen molar-refractivity contribution in [3.63, 3.8) is 0 Å². The van der Waals surface area contributed by atoms with Gasteiger partial charge in [-0.2, -0.15) is 0 Å². The smallest absolute Gasteiger partial charge is 0.265 e. The Bertz CT molecular complexity index is 1540. The first-order chi connectivity index (χ1) is 17.5. The SMILES string of the molecule is Cc1ccc(N(c2ccc(C)cc2)c2cccc(N3C(=O)c4cccc5cccc(c45)C3=O)c2)cc1. The number of aryl methyl sites for hydroxylation is 2. The van der Waals surface area contributed by atoms with Gasteiger partial charge in [-0.15, -0.1) is 0 Å². The largest absolute Gasteiger partial charge is 0.310 e. The first-order valence-electron chi connectivity index (χ1n) is 12.0. The van der Waals surface area contributed by atoms with Gasteiger partial charge in [-0.1, -0.05) is 65.7 Å². The van der Waals surface area contributed by atoms with E-state index in [2.05, 4.69) is 67.3 Å². The molecule has 0 aliphatic carbocycles. The van der Waals surface area contributed by atoms with Crippen LogP contribution >= 0.6 is 0 Å². The van der Waals surface area contributed by atoms with Gasteiger partial charge in [-0.3, -0.25) is 9.59 Å². The third kappa shape index (κ3) is 3.55. The molecule has 1 aliphatic rings. The minimum atomic E-state index is -0.307. The molecule has 0 radical (unpaired) electrons. The van der Waals surface area contributed by atoms with Crippen LogP contribution in [-0.4, -0.2) is 11.8 Å². The summed E-state index contributed by atoms with van der Waals surface area (Å²) in [6.45, 7) is 4.12. The molecule has 5 aromatic carbocycles. The number of benzene rings is 5. The van der Waals surface area contributed by atoms with Crippen molar-refractivity contribution in [1.82, 2.24) is 0 Å². The second-order valence-corrected chi connectivity index (χ2v) is 9.18. The number of hydrogen-bond donors (Lipinski definition) is 0. The van der Waals surface area contributed by atoms with E-state index in [9.17, 15) is 9.59 Å². The summed E-state index contributed by atoms with van der Waals surface area (Å²) < 4.78 is 0. The molecule has 174 valence electrons. The van der Waals surface area contributed by atoms with E-state index in [1.807, 2.05) is 48.5 Å². The highest BCUT2D eigenvalue weighted by Crippen LogP contribution is 2.38. The Kier molecular flexibility index (Phi) is 5.15. The zero-order valence-electron chi connectivity index (χ0n) is 20.1. The Morgan fingerprint density at radius 1 is 0.556 bits per heavy atom. The number of hydrogen-bond acceptors (Lipinski definition) is 3. The molecular weight excluding hydrogens is 444 g/mol. The van der Waals surface area contributed by atoms with Crippen molar-refractivity contribution in [3.8, 4) is 0 Å². The van der Waals surface area contributed by atoms with Gasteiger partial charge >= 0.3 is 0 Å². The number of imide groups is 1. The zero-order chi connectivity index (χ0) is 24.8. The number of anilines is 4. The lowest BCUT2D eigenvalue weighted by atomic mass is 9.94. The van der Waals surface area contributed by atoms with E-state index in [1.165, 1.54) is 16.0 Å². The number of carbonyl (C=O) groups excluding carboxylic acids is 2. The van der Waals surface area contributed by atoms with Crippen molar-refractivity contribution in [2.45, 2.75) is 13.8 Å². The van der Waals surface area contributed by atoms with Crippen LogP contribution in [0, 0.1) is 13.8 Å². The van der Waals surface area contributed by atoms with Crippen molar-refractivity contribution in [2.24, 2.45) is 0 Å². The van der Waals surface area contributed by atoms with E-state index >= 15 is 0 Å². The van der Waals surface area contributed by atoms with Crippen molar-refractivity contribution in [1.29, 1.82) is 0 Å². The van der Waals surface area contributed by atoms with Crippen LogP contribution in [0.5, 0.6) is 0 Å². The third-order valence-corrected chi connectivity index (χ3v) is 6.70. The third-order valence-electron chi connectivity index (χ3n) is 6.70. The van der Waals surface area contributed by atoms with E-state index in [0.717, 1.165) is 27.8 Å². The molecule has 1 aliphatic heterocycles. The summed E-state index contributed by atoms with van der Waals surface area (Å²) in [6, 6.07) is 35.4. The molecule has 0 aromatic heterocycles. The fraction of sp³-hybridized carbons (Fsp3) is 0.0625. The monoisotopic (exact) mass is 468 g/mol. The fourth-order valence-corrected chi connectivity index (χ4v) is 4.87. The molecule has 0 unspecified atom stereocenters. The van der Waals surface area contributed by atoms with Crippen molar-refractivity contribution in [3.05, 3.63) is 131 Å². The Hall–Kier alpha value is -4.70. The van der Waals surface area contributed by atoms with E-state index in [1.54, 1.807) is 12.1 Å². The van der Waals surface area contributed by atoms with E-state index in [0.29, 0.717) is 16.8 Å². The second kappa shape index (κ2) is 8.51. The number of rotatable bonds is 4. The van der Waals surface area contributed by atoms with Crippen LogP contribution in [0.15, 0.2) is 109 Å². The van der Waals surface area contributed by atoms with Gasteiger partial charge in [0.05, 0.1) is 5.69 Å². The molecule has 0 N–H and O–H groups in total. The highest BCUT2D eigenvalue weighted by Gasteiger charge is 2.34. The Morgan fingerprint density at radius 2 is 1.06 bits per heavy atom. The highest BCUT2D eigenvalue weighted by atomic mass is 16.2. The molecular formula is C32H24N2O2. The lowest BCUT2D eigenvalue weighted by Gasteiger charge is -2.30. The molecule has 6 rings (SSSR count). The van der Waals surface area contributed by atoms with E-state index in [4.69, 9.17) is 0 Å². The molecule has 0 bridgehead atoms. The summed E-state index contributed by atoms with van der Waals surface area (Å²) in [7, 11) is 0. The molecule has 0 fully saturated rings. The molecule has 0 atom stereocenters. The lowest BCUT2D eigenvalue weighted by molar-refractivity contribution is 0.0893. The Morgan fingerprint density at radius 3 is 1.58 bits per heavy atom.